The van der Waals surface area contributed by atoms with Gasteiger partial charge >= 0.3 is 16.3 Å². The Morgan fingerprint density at radius 2 is 1.89 bits per heavy atom. The Labute approximate surface area is 262 Å². The lowest BCUT2D eigenvalue weighted by Gasteiger charge is -2.42. The number of nitro groups is 1. The van der Waals surface area contributed by atoms with Gasteiger partial charge in [-0.2, -0.15) is 12.7 Å². The summed E-state index contributed by atoms with van der Waals surface area (Å²) < 4.78 is 37.7. The smallest absolute Gasteiger partial charge is 0.363 e. The molecule has 2 heterocycles. The van der Waals surface area contributed by atoms with Crippen molar-refractivity contribution >= 4 is 79.4 Å². The molecule has 242 valence electrons. The van der Waals surface area contributed by atoms with E-state index in [2.05, 4.69) is 26.1 Å². The summed E-state index contributed by atoms with van der Waals surface area (Å²) in [6.45, 7) is 2.17. The molecule has 45 heavy (non-hydrogen) atoms. The standard InChI is InChI=1S/C23H24ClN7O12S2/c1-23(2,21(36)42-9-11-4-6-12(7-5-11)31(37)38)43-29-15(13-10-44-22(26-13)27-14(32)8-24)18(33)28-16-17(19(34)25-3)30(20(16)35)45(39,40)41/h4-7,10,16-17H,8-9H2,1-3H3,(H,25,34)(H,28,33)(H,26,27,32)(H,39,40,41). The average molecular weight is 690 g/mol. The number of halogens is 1. The predicted octanol–water partition coefficient (Wildman–Crippen LogP) is -0.284. The number of amides is 4. The van der Waals surface area contributed by atoms with Crippen molar-refractivity contribution in [1.29, 1.82) is 0 Å². The zero-order valence-electron chi connectivity index (χ0n) is 23.4. The van der Waals surface area contributed by atoms with Crippen LogP contribution < -0.4 is 16.0 Å². The van der Waals surface area contributed by atoms with Gasteiger partial charge in [-0.05, 0) is 31.5 Å². The van der Waals surface area contributed by atoms with E-state index in [1.54, 1.807) is 0 Å². The first-order valence-corrected chi connectivity index (χ1v) is 15.1. The minimum absolute atomic E-state index is 0.0292. The van der Waals surface area contributed by atoms with Crippen molar-refractivity contribution in [1.82, 2.24) is 19.9 Å². The molecule has 19 nitrogen and oxygen atoms in total. The SMILES string of the molecule is CNC(=O)C1C(NC(=O)C(=NOC(C)(C)C(=O)OCc2ccc([N+](=O)[O-])cc2)c2csc(NC(=O)CCl)n2)C(=O)N1S(=O)(=O)O. The second-order valence-electron chi connectivity index (χ2n) is 9.38. The van der Waals surface area contributed by atoms with Crippen LogP contribution in [0.15, 0.2) is 34.8 Å². The van der Waals surface area contributed by atoms with Crippen molar-refractivity contribution in [2.75, 3.05) is 18.2 Å². The van der Waals surface area contributed by atoms with E-state index >= 15 is 0 Å². The number of oxime groups is 1. The summed E-state index contributed by atoms with van der Waals surface area (Å²) in [7, 11) is -4.04. The minimum Gasteiger partial charge on any atom is -0.458 e. The van der Waals surface area contributed by atoms with Crippen LogP contribution in [0.3, 0.4) is 0 Å². The van der Waals surface area contributed by atoms with Crippen LogP contribution in [0.5, 0.6) is 0 Å². The number of ether oxygens (including phenoxy) is 1. The number of carbonyl (C=O) groups is 5. The number of likely N-dealkylation sites (N-methyl/N-ethyl adjacent to an activating group) is 1. The molecule has 3 rings (SSSR count). The van der Waals surface area contributed by atoms with E-state index in [1.807, 2.05) is 0 Å². The molecule has 4 N–H and O–H groups in total. The van der Waals surface area contributed by atoms with Crippen molar-refractivity contribution in [2.24, 2.45) is 5.16 Å². The number of thiazole rings is 1. The minimum atomic E-state index is -5.17. The van der Waals surface area contributed by atoms with Crippen LogP contribution in [0, 0.1) is 10.1 Å². The van der Waals surface area contributed by atoms with Crippen LogP contribution in [0.4, 0.5) is 10.8 Å². The molecule has 0 aliphatic carbocycles. The molecule has 1 aliphatic heterocycles. The molecule has 1 saturated heterocycles. The van der Waals surface area contributed by atoms with Crippen LogP contribution in [0.2, 0.25) is 0 Å². The number of nitrogens with one attached hydrogen (secondary N) is 3. The molecule has 1 fully saturated rings. The summed E-state index contributed by atoms with van der Waals surface area (Å²) in [5.74, 6) is -5.63. The number of hydrogen-bond donors (Lipinski definition) is 4. The quantitative estimate of drug-likeness (QED) is 0.0401. The van der Waals surface area contributed by atoms with Crippen molar-refractivity contribution in [2.45, 2.75) is 38.1 Å². The summed E-state index contributed by atoms with van der Waals surface area (Å²) in [6.07, 6.45) is 0. The Bertz CT molecular complexity index is 1660. The number of rotatable bonds is 13. The highest BCUT2D eigenvalue weighted by Crippen LogP contribution is 2.25. The van der Waals surface area contributed by atoms with Gasteiger partial charge in [0.15, 0.2) is 16.9 Å². The van der Waals surface area contributed by atoms with Crippen LogP contribution in [-0.2, 0) is 50.5 Å². The van der Waals surface area contributed by atoms with Gasteiger partial charge in [0.05, 0.1) is 4.92 Å². The maximum absolute atomic E-state index is 13.3. The van der Waals surface area contributed by atoms with Crippen LogP contribution in [-0.4, -0.2) is 93.1 Å². The zero-order chi connectivity index (χ0) is 33.7. The van der Waals surface area contributed by atoms with Crippen LogP contribution >= 0.6 is 22.9 Å². The number of benzene rings is 1. The first-order chi connectivity index (χ1) is 21.0. The van der Waals surface area contributed by atoms with E-state index in [4.69, 9.17) is 21.2 Å². The Morgan fingerprint density at radius 1 is 1.24 bits per heavy atom. The third-order valence-corrected chi connectivity index (χ3v) is 7.71. The first kappa shape index (κ1) is 34.8. The maximum atomic E-state index is 13.3. The number of nitro benzene ring substituents is 1. The third kappa shape index (κ3) is 8.26. The molecule has 0 saturated carbocycles. The van der Waals surface area contributed by atoms with Gasteiger partial charge in [-0.15, -0.1) is 22.9 Å². The molecule has 22 heteroatoms. The number of esters is 1. The number of aromatic nitrogens is 1. The number of alkyl halides is 1. The molecular formula is C23H24ClN7O12S2. The molecular weight excluding hydrogens is 666 g/mol. The molecule has 0 spiro atoms. The molecule has 2 atom stereocenters. The highest BCUT2D eigenvalue weighted by Gasteiger charge is 2.57. The molecule has 0 radical (unpaired) electrons. The van der Waals surface area contributed by atoms with Crippen LogP contribution in [0.25, 0.3) is 0 Å². The first-order valence-electron chi connectivity index (χ1n) is 12.3. The molecule has 2 aromatic rings. The monoisotopic (exact) mass is 689 g/mol. The number of nitrogens with zero attached hydrogens (tertiary/aromatic N) is 4. The molecule has 1 aromatic heterocycles. The van der Waals surface area contributed by atoms with Gasteiger partial charge in [-0.3, -0.25) is 33.8 Å². The van der Waals surface area contributed by atoms with Crippen molar-refractivity contribution < 1.29 is 51.4 Å². The molecule has 0 bridgehead atoms. The fourth-order valence-corrected chi connectivity index (χ4v) is 5.13. The zero-order valence-corrected chi connectivity index (χ0v) is 25.8. The normalized spacial score (nSPS) is 16.7. The summed E-state index contributed by atoms with van der Waals surface area (Å²) in [5.41, 5.74) is -2.54. The van der Waals surface area contributed by atoms with E-state index in [0.717, 1.165) is 18.4 Å². The van der Waals surface area contributed by atoms with E-state index in [-0.39, 0.29) is 27.4 Å². The Kier molecular flexibility index (Phi) is 10.8. The van der Waals surface area contributed by atoms with Crippen molar-refractivity contribution in [3.8, 4) is 0 Å². The van der Waals surface area contributed by atoms with Gasteiger partial charge in [-0.1, -0.05) is 5.16 Å². The lowest BCUT2D eigenvalue weighted by atomic mass is 9.97. The summed E-state index contributed by atoms with van der Waals surface area (Å²) in [6, 6.07) is 1.55. The second-order valence-corrected chi connectivity index (χ2v) is 11.8. The summed E-state index contributed by atoms with van der Waals surface area (Å²) >= 11 is 6.32. The highest BCUT2D eigenvalue weighted by molar-refractivity contribution is 7.84. The second kappa shape index (κ2) is 13.9. The summed E-state index contributed by atoms with van der Waals surface area (Å²) in [4.78, 5) is 82.1. The fraction of sp³-hybridized carbons (Fsp3) is 0.348. The molecule has 1 aliphatic rings. The predicted molar refractivity (Wildman–Crippen MR) is 154 cm³/mol. The Balaban J connectivity index is 1.85. The number of anilines is 1. The van der Waals surface area contributed by atoms with Crippen molar-refractivity contribution in [3.63, 3.8) is 0 Å². The number of non-ortho nitro benzene ring substituents is 1. The fourth-order valence-electron chi connectivity index (χ4n) is 3.51. The van der Waals surface area contributed by atoms with Crippen molar-refractivity contribution in [3.05, 3.63) is 51.0 Å². The lowest BCUT2D eigenvalue weighted by molar-refractivity contribution is -0.384. The van der Waals surface area contributed by atoms with Gasteiger partial charge in [0, 0.05) is 24.6 Å². The Hall–Kier alpha value is -4.73. The lowest BCUT2D eigenvalue weighted by Crippen LogP contribution is -2.76. The maximum Gasteiger partial charge on any atom is 0.363 e. The topological polar surface area (TPSA) is 266 Å². The highest BCUT2D eigenvalue weighted by atomic mass is 35.5. The van der Waals surface area contributed by atoms with E-state index < -0.39 is 74.1 Å². The molecule has 1 aromatic carbocycles. The van der Waals surface area contributed by atoms with Gasteiger partial charge in [0.25, 0.3) is 17.5 Å². The van der Waals surface area contributed by atoms with Gasteiger partial charge in [0.1, 0.15) is 24.2 Å². The van der Waals surface area contributed by atoms with Gasteiger partial charge in [-0.25, -0.2) is 9.78 Å². The number of β-lactam (4-membered cyclic amide) rings is 1. The molecule has 2 unspecified atom stereocenters. The van der Waals surface area contributed by atoms with Gasteiger partial charge in [0.2, 0.25) is 17.4 Å². The Morgan fingerprint density at radius 3 is 2.44 bits per heavy atom. The van der Waals surface area contributed by atoms with Crippen LogP contribution in [0.1, 0.15) is 25.1 Å². The van der Waals surface area contributed by atoms with E-state index in [0.29, 0.717) is 5.56 Å². The third-order valence-electron chi connectivity index (χ3n) is 5.81. The van der Waals surface area contributed by atoms with Gasteiger partial charge < -0.3 is 25.5 Å². The number of hydrogen-bond acceptors (Lipinski definition) is 14. The molecule has 4 amide bonds. The van der Waals surface area contributed by atoms with E-state index in [9.17, 15) is 47.1 Å². The number of carbonyl (C=O) groups excluding carboxylic acids is 5. The summed E-state index contributed by atoms with van der Waals surface area (Å²) in [5, 5.41) is 22.4. The van der Waals surface area contributed by atoms with E-state index in [1.165, 1.54) is 43.5 Å². The average Bonchev–Trinajstić information content (AvgIpc) is 3.43. The largest absolute Gasteiger partial charge is 0.458 e.